The van der Waals surface area contributed by atoms with Crippen LogP contribution < -0.4 is 11.3 Å². The molecule has 1 aromatic rings. The van der Waals surface area contributed by atoms with Gasteiger partial charge >= 0.3 is 5.97 Å². The second-order valence-electron chi connectivity index (χ2n) is 4.79. The van der Waals surface area contributed by atoms with Crippen molar-refractivity contribution in [3.63, 3.8) is 0 Å². The highest BCUT2D eigenvalue weighted by Gasteiger charge is 2.44. The molecule has 0 bridgehead atoms. The quantitative estimate of drug-likeness (QED) is 0.363. The normalized spacial score (nSPS) is 15.8. The maximum Gasteiger partial charge on any atom is 0.306 e. The zero-order valence-corrected chi connectivity index (χ0v) is 11.7. The van der Waals surface area contributed by atoms with Crippen molar-refractivity contribution in [3.05, 3.63) is 17.7 Å². The summed E-state index contributed by atoms with van der Waals surface area (Å²) in [6.07, 6.45) is 2.08. The number of hydrogen-bond donors (Lipinski definition) is 2. The molecule has 20 heavy (non-hydrogen) atoms. The fourth-order valence-electron chi connectivity index (χ4n) is 1.80. The molecule has 1 aromatic heterocycles. The minimum absolute atomic E-state index is 0.0653. The number of nitrogens with zero attached hydrogens (tertiary/aromatic N) is 1. The number of thioether (sulfide) groups is 1. The molecule has 0 saturated heterocycles. The number of methoxy groups -OCH3 is 1. The predicted octanol–water partition coefficient (Wildman–Crippen LogP) is 2.08. The zero-order chi connectivity index (χ0) is 14.8. The number of carbonyl (C=O) groups excluding carboxylic acids is 1. The van der Waals surface area contributed by atoms with Crippen LogP contribution in [0.5, 0.6) is 0 Å². The SMILES string of the molecule is COC(=O)CC1(CSc2nc(NN)c(F)cc2F)CC1. The highest BCUT2D eigenvalue weighted by Crippen LogP contribution is 2.52. The number of nitrogen functional groups attached to an aromatic ring is 1. The maximum atomic E-state index is 13.6. The van der Waals surface area contributed by atoms with E-state index in [1.165, 1.54) is 7.11 Å². The van der Waals surface area contributed by atoms with Crippen LogP contribution >= 0.6 is 11.8 Å². The number of esters is 1. The lowest BCUT2D eigenvalue weighted by Crippen LogP contribution is -2.14. The zero-order valence-electron chi connectivity index (χ0n) is 10.9. The van der Waals surface area contributed by atoms with Crippen LogP contribution in [0.1, 0.15) is 19.3 Å². The highest BCUT2D eigenvalue weighted by atomic mass is 32.2. The molecule has 2 rings (SSSR count). The molecule has 5 nitrogen and oxygen atoms in total. The van der Waals surface area contributed by atoms with E-state index in [9.17, 15) is 13.6 Å². The van der Waals surface area contributed by atoms with Gasteiger partial charge < -0.3 is 10.2 Å². The number of pyridine rings is 1. The van der Waals surface area contributed by atoms with Gasteiger partial charge in [-0.05, 0) is 18.3 Å². The fraction of sp³-hybridized carbons (Fsp3) is 0.500. The van der Waals surface area contributed by atoms with E-state index in [0.717, 1.165) is 30.7 Å². The molecule has 0 spiro atoms. The Hall–Kier alpha value is -1.41. The van der Waals surface area contributed by atoms with Gasteiger partial charge in [0.25, 0.3) is 0 Å². The van der Waals surface area contributed by atoms with Crippen LogP contribution in [0.25, 0.3) is 0 Å². The standard InChI is InChI=1S/C12H15F2N3O2S/c1-19-9(18)5-12(2-3-12)6-20-11-8(14)4-7(13)10(16-11)17-15/h4H,2-3,5-6,15H2,1H3,(H,16,17). The molecular formula is C12H15F2N3O2S. The summed E-state index contributed by atoms with van der Waals surface area (Å²) in [6, 6.07) is 0.740. The van der Waals surface area contributed by atoms with E-state index in [4.69, 9.17) is 5.84 Å². The first kappa shape index (κ1) is 15.0. The summed E-state index contributed by atoms with van der Waals surface area (Å²) in [6.45, 7) is 0. The van der Waals surface area contributed by atoms with E-state index in [-0.39, 0.29) is 22.2 Å². The van der Waals surface area contributed by atoms with Crippen LogP contribution in [0.4, 0.5) is 14.6 Å². The molecule has 1 heterocycles. The number of anilines is 1. The van der Waals surface area contributed by atoms with E-state index in [1.54, 1.807) is 0 Å². The summed E-state index contributed by atoms with van der Waals surface area (Å²) in [5.41, 5.74) is 1.92. The number of aromatic nitrogens is 1. The Bertz CT molecular complexity index is 524. The van der Waals surface area contributed by atoms with E-state index in [2.05, 4.69) is 15.1 Å². The molecular weight excluding hydrogens is 288 g/mol. The molecule has 8 heteroatoms. The van der Waals surface area contributed by atoms with Crippen LogP contribution in [0.15, 0.2) is 11.1 Å². The molecule has 1 aliphatic carbocycles. The largest absolute Gasteiger partial charge is 0.469 e. The van der Waals surface area contributed by atoms with Crippen molar-refractivity contribution in [2.75, 3.05) is 18.3 Å². The van der Waals surface area contributed by atoms with Gasteiger partial charge in [-0.25, -0.2) is 19.6 Å². The molecule has 110 valence electrons. The third-order valence-electron chi connectivity index (χ3n) is 3.25. The van der Waals surface area contributed by atoms with Crippen LogP contribution in [-0.4, -0.2) is 23.8 Å². The van der Waals surface area contributed by atoms with Gasteiger partial charge in [0.05, 0.1) is 13.5 Å². The number of hydrazine groups is 1. The molecule has 0 unspecified atom stereocenters. The molecule has 0 atom stereocenters. The smallest absolute Gasteiger partial charge is 0.306 e. The monoisotopic (exact) mass is 303 g/mol. The fourth-order valence-corrected chi connectivity index (χ4v) is 2.99. The van der Waals surface area contributed by atoms with Crippen LogP contribution in [-0.2, 0) is 9.53 Å². The molecule has 3 N–H and O–H groups in total. The molecule has 0 aromatic carbocycles. The first-order valence-electron chi connectivity index (χ1n) is 6.02. The van der Waals surface area contributed by atoms with Crippen molar-refractivity contribution >= 4 is 23.5 Å². The summed E-state index contributed by atoms with van der Waals surface area (Å²) < 4.78 is 31.5. The Kier molecular flexibility index (Phi) is 4.44. The summed E-state index contributed by atoms with van der Waals surface area (Å²) in [5.74, 6) is 3.57. The Morgan fingerprint density at radius 2 is 2.25 bits per heavy atom. The number of rotatable bonds is 6. The molecule has 0 amide bonds. The van der Waals surface area contributed by atoms with E-state index < -0.39 is 11.6 Å². The molecule has 1 saturated carbocycles. The Morgan fingerprint density at radius 3 is 2.80 bits per heavy atom. The minimum Gasteiger partial charge on any atom is -0.469 e. The third-order valence-corrected chi connectivity index (χ3v) is 4.57. The molecule has 0 aliphatic heterocycles. The highest BCUT2D eigenvalue weighted by molar-refractivity contribution is 7.99. The second-order valence-corrected chi connectivity index (χ2v) is 5.76. The van der Waals surface area contributed by atoms with Crippen LogP contribution in [0.3, 0.4) is 0 Å². The van der Waals surface area contributed by atoms with Crippen molar-refractivity contribution in [1.29, 1.82) is 0 Å². The van der Waals surface area contributed by atoms with Crippen molar-refractivity contribution in [2.24, 2.45) is 11.3 Å². The van der Waals surface area contributed by atoms with Crippen LogP contribution in [0.2, 0.25) is 0 Å². The van der Waals surface area contributed by atoms with Gasteiger partial charge in [-0.1, -0.05) is 0 Å². The van der Waals surface area contributed by atoms with Crippen molar-refractivity contribution < 1.29 is 18.3 Å². The summed E-state index contributed by atoms with van der Waals surface area (Å²) in [4.78, 5) is 15.1. The van der Waals surface area contributed by atoms with E-state index >= 15 is 0 Å². The number of carbonyl (C=O) groups is 1. The summed E-state index contributed by atoms with van der Waals surface area (Å²) >= 11 is 1.15. The number of hydrogen-bond acceptors (Lipinski definition) is 6. The number of ether oxygens (including phenoxy) is 1. The average molecular weight is 303 g/mol. The van der Waals surface area contributed by atoms with Gasteiger partial charge in [-0.15, -0.1) is 11.8 Å². The first-order valence-corrected chi connectivity index (χ1v) is 7.00. The Labute approximate surface area is 119 Å². The van der Waals surface area contributed by atoms with Crippen molar-refractivity contribution in [2.45, 2.75) is 24.3 Å². The summed E-state index contributed by atoms with van der Waals surface area (Å²) in [7, 11) is 1.34. The van der Waals surface area contributed by atoms with Crippen molar-refractivity contribution in [3.8, 4) is 0 Å². The number of halogens is 2. The lowest BCUT2D eigenvalue weighted by molar-refractivity contribution is -0.141. The van der Waals surface area contributed by atoms with E-state index in [1.807, 2.05) is 0 Å². The van der Waals surface area contributed by atoms with Crippen molar-refractivity contribution in [1.82, 2.24) is 4.98 Å². The number of nitrogens with two attached hydrogens (primary N) is 1. The average Bonchev–Trinajstić information content (AvgIpc) is 3.17. The van der Waals surface area contributed by atoms with Gasteiger partial charge in [0.15, 0.2) is 17.5 Å². The topological polar surface area (TPSA) is 77.2 Å². The Balaban J connectivity index is 2.02. The van der Waals surface area contributed by atoms with Gasteiger partial charge in [-0.2, -0.15) is 0 Å². The van der Waals surface area contributed by atoms with Gasteiger partial charge in [0.2, 0.25) is 0 Å². The third kappa shape index (κ3) is 3.37. The first-order chi connectivity index (χ1) is 9.49. The lowest BCUT2D eigenvalue weighted by atomic mass is 10.1. The van der Waals surface area contributed by atoms with Crippen LogP contribution in [0, 0.1) is 17.0 Å². The van der Waals surface area contributed by atoms with Gasteiger partial charge in [0, 0.05) is 11.8 Å². The summed E-state index contributed by atoms with van der Waals surface area (Å²) in [5, 5.41) is 0.0653. The second kappa shape index (κ2) is 5.92. The number of nitrogens with one attached hydrogen (secondary N) is 1. The Morgan fingerprint density at radius 1 is 1.55 bits per heavy atom. The molecule has 0 radical (unpaired) electrons. The van der Waals surface area contributed by atoms with E-state index in [0.29, 0.717) is 12.2 Å². The lowest BCUT2D eigenvalue weighted by Gasteiger charge is -2.13. The van der Waals surface area contributed by atoms with Gasteiger partial charge in [0.1, 0.15) is 5.03 Å². The maximum absolute atomic E-state index is 13.6. The minimum atomic E-state index is -0.843. The predicted molar refractivity (Wildman–Crippen MR) is 71.0 cm³/mol. The van der Waals surface area contributed by atoms with Gasteiger partial charge in [-0.3, -0.25) is 4.79 Å². The molecule has 1 aliphatic rings. The molecule has 1 fully saturated rings.